The molecule has 0 aliphatic carbocycles. The van der Waals surface area contributed by atoms with Crippen LogP contribution in [-0.2, 0) is 0 Å². The lowest BCUT2D eigenvalue weighted by Crippen LogP contribution is -2.04. The predicted octanol–water partition coefficient (Wildman–Crippen LogP) is 2.87. The lowest BCUT2D eigenvalue weighted by molar-refractivity contribution is 0.847. The number of anilines is 1. The van der Waals surface area contributed by atoms with Gasteiger partial charge in [-0.1, -0.05) is 29.8 Å². The van der Waals surface area contributed by atoms with E-state index in [9.17, 15) is 0 Å². The molecule has 0 atom stereocenters. The molecule has 2 aromatic heterocycles. The maximum atomic E-state index is 6.18. The fraction of sp³-hybridized carbons (Fsp3) is 0.0714. The quantitative estimate of drug-likeness (QED) is 0.786. The first-order valence-electron chi connectivity index (χ1n) is 6.04. The molecule has 0 aliphatic rings. The molecule has 0 saturated heterocycles. The number of hydrogen-bond acceptors (Lipinski definition) is 4. The first kappa shape index (κ1) is 12.6. The Morgan fingerprint density at radius 2 is 1.95 bits per heavy atom. The van der Waals surface area contributed by atoms with E-state index in [1.54, 1.807) is 10.7 Å². The second-order valence-corrected chi connectivity index (χ2v) is 4.77. The van der Waals surface area contributed by atoms with Gasteiger partial charge in [-0.15, -0.1) is 0 Å². The fourth-order valence-corrected chi connectivity index (χ4v) is 2.17. The average molecular weight is 286 g/mol. The number of rotatable bonds is 2. The average Bonchev–Trinajstić information content (AvgIpc) is 2.81. The first-order valence-corrected chi connectivity index (χ1v) is 6.42. The predicted molar refractivity (Wildman–Crippen MR) is 78.7 cm³/mol. The fourth-order valence-electron chi connectivity index (χ4n) is 1.94. The minimum Gasteiger partial charge on any atom is -0.384 e. The van der Waals surface area contributed by atoms with E-state index in [1.165, 1.54) is 6.33 Å². The summed E-state index contributed by atoms with van der Waals surface area (Å²) in [5.41, 5.74) is 8.41. The van der Waals surface area contributed by atoms with Crippen molar-refractivity contribution in [3.05, 3.63) is 53.4 Å². The van der Waals surface area contributed by atoms with Crippen molar-refractivity contribution in [2.75, 3.05) is 5.73 Å². The summed E-state index contributed by atoms with van der Waals surface area (Å²) in [7, 11) is 0. The van der Waals surface area contributed by atoms with Crippen LogP contribution in [0.25, 0.3) is 17.1 Å². The molecule has 3 rings (SSSR count). The van der Waals surface area contributed by atoms with E-state index < -0.39 is 0 Å². The zero-order valence-corrected chi connectivity index (χ0v) is 11.5. The Balaban J connectivity index is 2.10. The maximum absolute atomic E-state index is 6.18. The van der Waals surface area contributed by atoms with Crippen molar-refractivity contribution >= 4 is 17.4 Å². The molecular formula is C14H12ClN5. The van der Waals surface area contributed by atoms with Crippen LogP contribution in [0.5, 0.6) is 0 Å². The van der Waals surface area contributed by atoms with Gasteiger partial charge >= 0.3 is 0 Å². The molecule has 1 aromatic carbocycles. The molecule has 2 heterocycles. The second kappa shape index (κ2) is 4.94. The van der Waals surface area contributed by atoms with Crippen LogP contribution in [0.15, 0.2) is 42.7 Å². The minimum atomic E-state index is 0.498. The van der Waals surface area contributed by atoms with E-state index in [1.807, 2.05) is 37.3 Å². The molecule has 0 radical (unpaired) electrons. The van der Waals surface area contributed by atoms with Gasteiger partial charge in [0.25, 0.3) is 0 Å². The number of hydrogen-bond donors (Lipinski definition) is 1. The largest absolute Gasteiger partial charge is 0.384 e. The van der Waals surface area contributed by atoms with E-state index in [4.69, 9.17) is 17.3 Å². The van der Waals surface area contributed by atoms with Gasteiger partial charge in [0.15, 0.2) is 5.82 Å². The molecule has 0 fully saturated rings. The molecule has 5 nitrogen and oxygen atoms in total. The highest BCUT2D eigenvalue weighted by Crippen LogP contribution is 2.28. The number of nitrogens with zero attached hydrogens (tertiary/aromatic N) is 4. The Bertz CT molecular complexity index is 766. The highest BCUT2D eigenvalue weighted by atomic mass is 35.5. The standard InChI is InChI=1S/C14H12ClN5/c1-9-6-14(18-8-17-9)20-13(16)7-12(19-20)10-4-2-3-5-11(10)15/h2-8H,16H2,1H3. The summed E-state index contributed by atoms with van der Waals surface area (Å²) >= 11 is 6.18. The Kier molecular flexibility index (Phi) is 3.12. The second-order valence-electron chi connectivity index (χ2n) is 4.36. The number of aromatic nitrogens is 4. The van der Waals surface area contributed by atoms with Crippen molar-refractivity contribution in [3.8, 4) is 17.1 Å². The summed E-state index contributed by atoms with van der Waals surface area (Å²) in [4.78, 5) is 8.24. The van der Waals surface area contributed by atoms with Crippen LogP contribution in [0.3, 0.4) is 0 Å². The van der Waals surface area contributed by atoms with Crippen LogP contribution in [0, 0.1) is 6.92 Å². The molecule has 0 bridgehead atoms. The zero-order chi connectivity index (χ0) is 14.1. The van der Waals surface area contributed by atoms with Gasteiger partial charge in [0, 0.05) is 23.4 Å². The van der Waals surface area contributed by atoms with Crippen molar-refractivity contribution in [1.82, 2.24) is 19.7 Å². The molecule has 3 aromatic rings. The molecule has 0 amide bonds. The van der Waals surface area contributed by atoms with Crippen LogP contribution in [0.2, 0.25) is 5.02 Å². The van der Waals surface area contributed by atoms with Crippen molar-refractivity contribution in [2.45, 2.75) is 6.92 Å². The molecule has 2 N–H and O–H groups in total. The molecule has 0 spiro atoms. The first-order chi connectivity index (χ1) is 9.65. The minimum absolute atomic E-state index is 0.498. The van der Waals surface area contributed by atoms with Gasteiger partial charge in [-0.25, -0.2) is 9.97 Å². The SMILES string of the molecule is Cc1cc(-n2nc(-c3ccccc3Cl)cc2N)ncn1. The Morgan fingerprint density at radius 3 is 2.70 bits per heavy atom. The number of nitrogen functional groups attached to an aromatic ring is 1. The van der Waals surface area contributed by atoms with Gasteiger partial charge in [0.1, 0.15) is 12.1 Å². The lowest BCUT2D eigenvalue weighted by atomic mass is 10.1. The van der Waals surface area contributed by atoms with Crippen molar-refractivity contribution in [3.63, 3.8) is 0 Å². The van der Waals surface area contributed by atoms with Gasteiger partial charge in [0.2, 0.25) is 0 Å². The smallest absolute Gasteiger partial charge is 0.159 e. The van der Waals surface area contributed by atoms with Crippen LogP contribution in [-0.4, -0.2) is 19.7 Å². The molecule has 0 saturated carbocycles. The van der Waals surface area contributed by atoms with E-state index in [2.05, 4.69) is 15.1 Å². The van der Waals surface area contributed by atoms with E-state index in [0.717, 1.165) is 11.3 Å². The molecule has 100 valence electrons. The van der Waals surface area contributed by atoms with Crippen LogP contribution in [0.4, 0.5) is 5.82 Å². The monoisotopic (exact) mass is 285 g/mol. The summed E-state index contributed by atoms with van der Waals surface area (Å²) in [5, 5.41) is 5.10. The molecular weight excluding hydrogens is 274 g/mol. The summed E-state index contributed by atoms with van der Waals surface area (Å²) < 4.78 is 1.58. The highest BCUT2D eigenvalue weighted by molar-refractivity contribution is 6.33. The molecule has 6 heteroatoms. The summed E-state index contributed by atoms with van der Waals surface area (Å²) in [5.74, 6) is 1.13. The van der Waals surface area contributed by atoms with Gasteiger partial charge in [-0.3, -0.25) is 0 Å². The highest BCUT2D eigenvalue weighted by Gasteiger charge is 2.12. The molecule has 0 unspecified atom stereocenters. The van der Waals surface area contributed by atoms with E-state index >= 15 is 0 Å². The number of halogens is 1. The van der Waals surface area contributed by atoms with E-state index in [0.29, 0.717) is 22.4 Å². The number of benzene rings is 1. The normalized spacial score (nSPS) is 10.7. The maximum Gasteiger partial charge on any atom is 0.159 e. The van der Waals surface area contributed by atoms with Crippen molar-refractivity contribution in [1.29, 1.82) is 0 Å². The van der Waals surface area contributed by atoms with Crippen molar-refractivity contribution < 1.29 is 0 Å². The Labute approximate surface area is 121 Å². The van der Waals surface area contributed by atoms with Gasteiger partial charge in [-0.05, 0) is 13.0 Å². The third-order valence-corrected chi connectivity index (χ3v) is 3.22. The number of aryl methyl sites for hydroxylation is 1. The third kappa shape index (κ3) is 2.23. The van der Waals surface area contributed by atoms with Gasteiger partial charge in [0.05, 0.1) is 10.7 Å². The third-order valence-electron chi connectivity index (χ3n) is 2.89. The summed E-state index contributed by atoms with van der Waals surface area (Å²) in [6, 6.07) is 11.1. The summed E-state index contributed by atoms with van der Waals surface area (Å²) in [6.45, 7) is 1.89. The summed E-state index contributed by atoms with van der Waals surface area (Å²) in [6.07, 6.45) is 1.49. The van der Waals surface area contributed by atoms with E-state index in [-0.39, 0.29) is 0 Å². The molecule has 0 aliphatic heterocycles. The van der Waals surface area contributed by atoms with Crippen LogP contribution >= 0.6 is 11.6 Å². The number of nitrogens with two attached hydrogens (primary N) is 1. The van der Waals surface area contributed by atoms with Gasteiger partial charge < -0.3 is 5.73 Å². The van der Waals surface area contributed by atoms with Crippen LogP contribution < -0.4 is 5.73 Å². The zero-order valence-electron chi connectivity index (χ0n) is 10.8. The van der Waals surface area contributed by atoms with Crippen LogP contribution in [0.1, 0.15) is 5.69 Å². The topological polar surface area (TPSA) is 69.6 Å². The Morgan fingerprint density at radius 1 is 1.15 bits per heavy atom. The van der Waals surface area contributed by atoms with Crippen molar-refractivity contribution in [2.24, 2.45) is 0 Å². The van der Waals surface area contributed by atoms with Gasteiger partial charge in [-0.2, -0.15) is 9.78 Å². The lowest BCUT2D eigenvalue weighted by Gasteiger charge is -2.03. The Hall–Kier alpha value is -2.40. The molecule has 20 heavy (non-hydrogen) atoms.